The molecule has 170 valence electrons. The number of sulfonamides is 1. The van der Waals surface area contributed by atoms with E-state index >= 15 is 0 Å². The number of amides is 1. The van der Waals surface area contributed by atoms with Crippen molar-refractivity contribution in [3.8, 4) is 11.1 Å². The van der Waals surface area contributed by atoms with Crippen LogP contribution in [-0.4, -0.2) is 35.0 Å². The molecule has 0 unspecified atom stereocenters. The van der Waals surface area contributed by atoms with Crippen LogP contribution in [0.25, 0.3) is 22.2 Å². The Hall–Kier alpha value is -3.86. The zero-order valence-electron chi connectivity index (χ0n) is 17.4. The average Bonchev–Trinajstić information content (AvgIpc) is 3.19. The molecule has 0 bridgehead atoms. The van der Waals surface area contributed by atoms with Crippen molar-refractivity contribution in [2.24, 2.45) is 0 Å². The van der Waals surface area contributed by atoms with Crippen molar-refractivity contribution in [2.75, 3.05) is 15.8 Å². The number of pyridine rings is 2. The Morgan fingerprint density at radius 3 is 2.73 bits per heavy atom. The number of halogens is 2. The Bertz CT molecular complexity index is 1440. The summed E-state index contributed by atoms with van der Waals surface area (Å²) in [5, 5.41) is 3.10. The molecule has 0 saturated heterocycles. The van der Waals surface area contributed by atoms with Gasteiger partial charge in [0.2, 0.25) is 10.0 Å². The lowest BCUT2D eigenvalue weighted by Crippen LogP contribution is -2.20. The number of aromatic nitrogens is 3. The van der Waals surface area contributed by atoms with Crippen molar-refractivity contribution in [3.05, 3.63) is 72.3 Å². The summed E-state index contributed by atoms with van der Waals surface area (Å²) < 4.78 is 55.2. The van der Waals surface area contributed by atoms with E-state index < -0.39 is 38.8 Å². The molecule has 3 heterocycles. The van der Waals surface area contributed by atoms with Gasteiger partial charge in [-0.3, -0.25) is 14.5 Å². The third kappa shape index (κ3) is 4.67. The summed E-state index contributed by atoms with van der Waals surface area (Å²) in [4.78, 5) is 24.1. The molecule has 3 aromatic heterocycles. The number of rotatable bonds is 7. The van der Waals surface area contributed by atoms with Crippen molar-refractivity contribution in [2.45, 2.75) is 13.3 Å². The lowest BCUT2D eigenvalue weighted by molar-refractivity contribution is 0.101. The van der Waals surface area contributed by atoms with E-state index in [0.29, 0.717) is 17.5 Å². The molecule has 0 saturated carbocycles. The highest BCUT2D eigenvalue weighted by Gasteiger charge is 2.23. The first kappa shape index (κ1) is 22.3. The molecule has 0 aliphatic rings. The Kier molecular flexibility index (Phi) is 6.05. The Morgan fingerprint density at radius 1 is 1.18 bits per heavy atom. The Labute approximate surface area is 188 Å². The first-order chi connectivity index (χ1) is 15.8. The highest BCUT2D eigenvalue weighted by atomic mass is 32.2. The zero-order chi connectivity index (χ0) is 23.6. The van der Waals surface area contributed by atoms with Gasteiger partial charge in [0.1, 0.15) is 17.0 Å². The summed E-state index contributed by atoms with van der Waals surface area (Å²) in [5.74, 6) is -3.76. The molecule has 11 heteroatoms. The van der Waals surface area contributed by atoms with E-state index in [-0.39, 0.29) is 11.4 Å². The molecule has 3 N–H and O–H groups in total. The van der Waals surface area contributed by atoms with Crippen LogP contribution < -0.4 is 10.0 Å². The van der Waals surface area contributed by atoms with E-state index in [1.807, 2.05) is 10.8 Å². The van der Waals surface area contributed by atoms with Crippen molar-refractivity contribution >= 4 is 38.3 Å². The second-order valence-corrected chi connectivity index (χ2v) is 9.07. The third-order valence-electron chi connectivity index (χ3n) is 4.82. The number of H-pyrrole nitrogens is 1. The molecule has 33 heavy (non-hydrogen) atoms. The molecule has 4 rings (SSSR count). The number of carbonyl (C=O) groups is 1. The van der Waals surface area contributed by atoms with Gasteiger partial charge in [0.05, 0.1) is 23.3 Å². The van der Waals surface area contributed by atoms with Crippen LogP contribution in [0.3, 0.4) is 0 Å². The predicted octanol–water partition coefficient (Wildman–Crippen LogP) is 4.31. The highest BCUT2D eigenvalue weighted by Crippen LogP contribution is 2.29. The minimum absolute atomic E-state index is 0.202. The van der Waals surface area contributed by atoms with Crippen LogP contribution in [-0.2, 0) is 10.0 Å². The van der Waals surface area contributed by atoms with Gasteiger partial charge in [-0.05, 0) is 30.7 Å². The van der Waals surface area contributed by atoms with E-state index in [0.717, 1.165) is 23.3 Å². The first-order valence-electron chi connectivity index (χ1n) is 9.96. The summed E-state index contributed by atoms with van der Waals surface area (Å²) >= 11 is 0. The fourth-order valence-corrected chi connectivity index (χ4v) is 4.49. The highest BCUT2D eigenvalue weighted by molar-refractivity contribution is 7.92. The number of carbonyl (C=O) groups excluding carboxylic acids is 1. The van der Waals surface area contributed by atoms with Crippen molar-refractivity contribution in [1.29, 1.82) is 0 Å². The van der Waals surface area contributed by atoms with Crippen LogP contribution in [0.2, 0.25) is 0 Å². The SMILES string of the molecule is CCCS(=O)(=O)Nc1ccc(F)c(C(=O)Nc2cnc3[nH]cc(-c4cccnc4)c3c2)c1F. The summed E-state index contributed by atoms with van der Waals surface area (Å²) in [5.41, 5.74) is 0.940. The van der Waals surface area contributed by atoms with Crippen LogP contribution in [0.4, 0.5) is 20.2 Å². The maximum Gasteiger partial charge on any atom is 0.261 e. The van der Waals surface area contributed by atoms with Crippen LogP contribution in [0.15, 0.2) is 55.1 Å². The zero-order valence-corrected chi connectivity index (χ0v) is 18.2. The van der Waals surface area contributed by atoms with E-state index in [1.54, 1.807) is 37.6 Å². The van der Waals surface area contributed by atoms with Gasteiger partial charge in [-0.15, -0.1) is 0 Å². The van der Waals surface area contributed by atoms with Crippen LogP contribution in [0.1, 0.15) is 23.7 Å². The molecule has 0 aliphatic carbocycles. The van der Waals surface area contributed by atoms with Crippen molar-refractivity contribution in [1.82, 2.24) is 15.0 Å². The number of anilines is 2. The molecule has 0 spiro atoms. The average molecular weight is 471 g/mol. The second kappa shape index (κ2) is 8.94. The number of aromatic amines is 1. The van der Waals surface area contributed by atoms with Gasteiger partial charge in [-0.25, -0.2) is 22.2 Å². The number of fused-ring (bicyclic) bond motifs is 1. The quantitative estimate of drug-likeness (QED) is 0.371. The first-order valence-corrected chi connectivity index (χ1v) is 11.6. The van der Waals surface area contributed by atoms with Gasteiger partial charge in [0.25, 0.3) is 5.91 Å². The summed E-state index contributed by atoms with van der Waals surface area (Å²) in [6, 6.07) is 7.01. The van der Waals surface area contributed by atoms with Crippen LogP contribution in [0.5, 0.6) is 0 Å². The minimum atomic E-state index is -3.83. The summed E-state index contributed by atoms with van der Waals surface area (Å²) in [6.45, 7) is 1.65. The van der Waals surface area contributed by atoms with Gasteiger partial charge < -0.3 is 10.3 Å². The maximum absolute atomic E-state index is 14.9. The molecular weight excluding hydrogens is 452 g/mol. The number of benzene rings is 1. The third-order valence-corrected chi connectivity index (χ3v) is 6.29. The largest absolute Gasteiger partial charge is 0.346 e. The maximum atomic E-state index is 14.9. The molecule has 8 nitrogen and oxygen atoms in total. The Morgan fingerprint density at radius 2 is 2.00 bits per heavy atom. The molecule has 4 aromatic rings. The number of hydrogen-bond acceptors (Lipinski definition) is 5. The predicted molar refractivity (Wildman–Crippen MR) is 121 cm³/mol. The Balaban J connectivity index is 1.65. The summed E-state index contributed by atoms with van der Waals surface area (Å²) in [7, 11) is -3.83. The van der Waals surface area contributed by atoms with E-state index in [2.05, 4.69) is 20.3 Å². The fourth-order valence-electron chi connectivity index (χ4n) is 3.35. The van der Waals surface area contributed by atoms with Crippen molar-refractivity contribution in [3.63, 3.8) is 0 Å². The van der Waals surface area contributed by atoms with Crippen LogP contribution >= 0.6 is 0 Å². The number of nitrogens with zero attached hydrogens (tertiary/aromatic N) is 2. The fraction of sp³-hybridized carbons (Fsp3) is 0.136. The molecular formula is C22H19F2N5O3S. The molecule has 1 aromatic carbocycles. The lowest BCUT2D eigenvalue weighted by atomic mass is 10.1. The van der Waals surface area contributed by atoms with Crippen molar-refractivity contribution < 1.29 is 22.0 Å². The smallest absolute Gasteiger partial charge is 0.261 e. The topological polar surface area (TPSA) is 117 Å². The summed E-state index contributed by atoms with van der Waals surface area (Å²) in [6.07, 6.45) is 6.70. The van der Waals surface area contributed by atoms with Gasteiger partial charge in [0, 0.05) is 35.1 Å². The monoisotopic (exact) mass is 471 g/mol. The van der Waals surface area contributed by atoms with E-state index in [1.165, 1.54) is 6.20 Å². The van der Waals surface area contributed by atoms with Gasteiger partial charge in [-0.1, -0.05) is 13.0 Å². The van der Waals surface area contributed by atoms with Crippen LogP contribution in [0, 0.1) is 11.6 Å². The lowest BCUT2D eigenvalue weighted by Gasteiger charge is -2.12. The van der Waals surface area contributed by atoms with Gasteiger partial charge in [-0.2, -0.15) is 0 Å². The molecule has 0 atom stereocenters. The van der Waals surface area contributed by atoms with Gasteiger partial charge in [0.15, 0.2) is 5.82 Å². The molecule has 1 amide bonds. The normalized spacial score (nSPS) is 11.5. The van der Waals surface area contributed by atoms with E-state index in [4.69, 9.17) is 0 Å². The number of nitrogens with one attached hydrogen (secondary N) is 3. The molecule has 0 radical (unpaired) electrons. The standard InChI is InChI=1S/C22H19F2N5O3S/c1-2-8-33(31,32)29-18-6-5-17(23)19(20(18)24)22(30)28-14-9-15-16(12-27-21(15)26-11-14)13-4-3-7-25-10-13/h3-7,9-12,29H,2,8H2,1H3,(H,26,27)(H,28,30). The second-order valence-electron chi connectivity index (χ2n) is 7.22. The van der Waals surface area contributed by atoms with Gasteiger partial charge >= 0.3 is 0 Å². The molecule has 0 aliphatic heterocycles. The number of hydrogen-bond donors (Lipinski definition) is 3. The minimum Gasteiger partial charge on any atom is -0.346 e. The van der Waals surface area contributed by atoms with E-state index in [9.17, 15) is 22.0 Å². The molecule has 0 fully saturated rings.